The van der Waals surface area contributed by atoms with Crippen LogP contribution in [0, 0.1) is 11.3 Å². The van der Waals surface area contributed by atoms with Crippen molar-refractivity contribution in [3.8, 4) is 0 Å². The summed E-state index contributed by atoms with van der Waals surface area (Å²) in [5.74, 6) is -1.03. The molecule has 0 radical (unpaired) electrons. The Labute approximate surface area is 126 Å². The Hall–Kier alpha value is -1.90. The second kappa shape index (κ2) is 6.25. The zero-order valence-electron chi connectivity index (χ0n) is 12.7. The normalized spacial score (nSPS) is 21.8. The quantitative estimate of drug-likeness (QED) is 0.472. The third kappa shape index (κ3) is 3.81. The molecular weight excluding hydrogens is 264 g/mol. The monoisotopic (exact) mass is 286 g/mol. The molecule has 1 aromatic carbocycles. The molecule has 1 fully saturated rings. The Morgan fingerprint density at radius 3 is 2.62 bits per heavy atom. The summed E-state index contributed by atoms with van der Waals surface area (Å²) in [7, 11) is 0. The van der Waals surface area contributed by atoms with E-state index in [1.165, 1.54) is 0 Å². The number of carbonyl (C=O) groups is 2. The summed E-state index contributed by atoms with van der Waals surface area (Å²) in [5.41, 5.74) is 0.955. The predicted molar refractivity (Wildman–Crippen MR) is 81.9 cm³/mol. The minimum absolute atomic E-state index is 0.000126. The standard InChI is InChI=1S/C18H22O3/c1-4-13(14-8-6-5-7-9-14)12-21-17(20)15-10-18(2,3)11-16(15)19/h4-9,13,15H,1,10-12H2,2-3H3. The van der Waals surface area contributed by atoms with Crippen molar-refractivity contribution in [1.29, 1.82) is 0 Å². The minimum atomic E-state index is -0.596. The first-order valence-corrected chi connectivity index (χ1v) is 7.30. The molecule has 2 rings (SSSR count). The highest BCUT2D eigenvalue weighted by atomic mass is 16.5. The number of hydrogen-bond acceptors (Lipinski definition) is 3. The van der Waals surface area contributed by atoms with E-state index in [4.69, 9.17) is 4.74 Å². The smallest absolute Gasteiger partial charge is 0.316 e. The third-order valence-corrected chi connectivity index (χ3v) is 4.00. The number of carbonyl (C=O) groups excluding carboxylic acids is 2. The van der Waals surface area contributed by atoms with E-state index in [2.05, 4.69) is 6.58 Å². The molecule has 112 valence electrons. The fraction of sp³-hybridized carbons (Fsp3) is 0.444. The van der Waals surface area contributed by atoms with E-state index in [9.17, 15) is 9.59 Å². The molecule has 1 aliphatic rings. The van der Waals surface area contributed by atoms with Crippen LogP contribution in [0.4, 0.5) is 0 Å². The Balaban J connectivity index is 1.95. The molecule has 0 heterocycles. The molecule has 0 bridgehead atoms. The maximum Gasteiger partial charge on any atom is 0.316 e. The largest absolute Gasteiger partial charge is 0.464 e. The van der Waals surface area contributed by atoms with Crippen LogP contribution in [0.2, 0.25) is 0 Å². The topological polar surface area (TPSA) is 43.4 Å². The lowest BCUT2D eigenvalue weighted by Gasteiger charge is -2.17. The maximum atomic E-state index is 12.1. The molecule has 2 atom stereocenters. The van der Waals surface area contributed by atoms with E-state index in [1.54, 1.807) is 6.08 Å². The van der Waals surface area contributed by atoms with Gasteiger partial charge in [0.1, 0.15) is 18.3 Å². The molecule has 0 aromatic heterocycles. The van der Waals surface area contributed by atoms with Gasteiger partial charge in [0.25, 0.3) is 0 Å². The lowest BCUT2D eigenvalue weighted by molar-refractivity contribution is -0.151. The van der Waals surface area contributed by atoms with Gasteiger partial charge in [0.05, 0.1) is 0 Å². The van der Waals surface area contributed by atoms with E-state index in [0.29, 0.717) is 12.8 Å². The Morgan fingerprint density at radius 1 is 1.43 bits per heavy atom. The van der Waals surface area contributed by atoms with Crippen molar-refractivity contribution >= 4 is 11.8 Å². The number of benzene rings is 1. The van der Waals surface area contributed by atoms with Crippen molar-refractivity contribution in [2.45, 2.75) is 32.6 Å². The lowest BCUT2D eigenvalue weighted by Crippen LogP contribution is -2.23. The molecule has 1 aromatic rings. The van der Waals surface area contributed by atoms with Crippen LogP contribution in [0.3, 0.4) is 0 Å². The number of ether oxygens (including phenoxy) is 1. The molecule has 21 heavy (non-hydrogen) atoms. The summed E-state index contributed by atoms with van der Waals surface area (Å²) in [6.45, 7) is 8.04. The number of hydrogen-bond donors (Lipinski definition) is 0. The minimum Gasteiger partial charge on any atom is -0.464 e. The summed E-state index contributed by atoms with van der Waals surface area (Å²) in [6.07, 6.45) is 2.80. The second-order valence-corrected chi connectivity index (χ2v) is 6.45. The Kier molecular flexibility index (Phi) is 4.61. The molecule has 0 spiro atoms. The van der Waals surface area contributed by atoms with Gasteiger partial charge in [0.15, 0.2) is 0 Å². The van der Waals surface area contributed by atoms with Gasteiger partial charge in [-0.15, -0.1) is 6.58 Å². The van der Waals surface area contributed by atoms with Gasteiger partial charge < -0.3 is 4.74 Å². The van der Waals surface area contributed by atoms with Gasteiger partial charge in [-0.2, -0.15) is 0 Å². The average Bonchev–Trinajstić information content (AvgIpc) is 2.74. The van der Waals surface area contributed by atoms with Crippen molar-refractivity contribution < 1.29 is 14.3 Å². The summed E-state index contributed by atoms with van der Waals surface area (Å²) < 4.78 is 5.37. The van der Waals surface area contributed by atoms with Gasteiger partial charge in [-0.1, -0.05) is 50.3 Å². The average molecular weight is 286 g/mol. The molecular formula is C18H22O3. The molecule has 1 saturated carbocycles. The van der Waals surface area contributed by atoms with E-state index in [-0.39, 0.29) is 23.7 Å². The first-order chi connectivity index (χ1) is 9.93. The fourth-order valence-electron chi connectivity index (χ4n) is 2.82. The van der Waals surface area contributed by atoms with E-state index >= 15 is 0 Å². The highest BCUT2D eigenvalue weighted by molar-refractivity contribution is 6.01. The van der Waals surface area contributed by atoms with Crippen molar-refractivity contribution in [2.24, 2.45) is 11.3 Å². The van der Waals surface area contributed by atoms with Gasteiger partial charge in [0, 0.05) is 12.3 Å². The third-order valence-electron chi connectivity index (χ3n) is 4.00. The molecule has 3 heteroatoms. The second-order valence-electron chi connectivity index (χ2n) is 6.45. The number of Topliss-reactive ketones (excluding diaryl/α,β-unsaturated/α-hetero) is 1. The predicted octanol–water partition coefficient (Wildman–Crippen LogP) is 3.50. The van der Waals surface area contributed by atoms with E-state index in [0.717, 1.165) is 5.56 Å². The molecule has 0 saturated heterocycles. The van der Waals surface area contributed by atoms with E-state index < -0.39 is 11.9 Å². The molecule has 0 amide bonds. The van der Waals surface area contributed by atoms with Crippen LogP contribution in [0.5, 0.6) is 0 Å². The lowest BCUT2D eigenvalue weighted by atomic mass is 9.90. The van der Waals surface area contributed by atoms with E-state index in [1.807, 2.05) is 44.2 Å². The number of ketones is 1. The number of rotatable bonds is 5. The molecule has 3 nitrogen and oxygen atoms in total. The van der Waals surface area contributed by atoms with Crippen molar-refractivity contribution in [1.82, 2.24) is 0 Å². The van der Waals surface area contributed by atoms with Crippen molar-refractivity contribution in [3.63, 3.8) is 0 Å². The van der Waals surface area contributed by atoms with Crippen LogP contribution in [0.25, 0.3) is 0 Å². The molecule has 1 aliphatic carbocycles. The van der Waals surface area contributed by atoms with Crippen LogP contribution in [-0.2, 0) is 14.3 Å². The van der Waals surface area contributed by atoms with Gasteiger partial charge in [-0.3, -0.25) is 9.59 Å². The van der Waals surface area contributed by atoms with Crippen molar-refractivity contribution in [3.05, 3.63) is 48.6 Å². The molecule has 0 N–H and O–H groups in total. The zero-order chi connectivity index (χ0) is 15.5. The first-order valence-electron chi connectivity index (χ1n) is 7.30. The summed E-state index contributed by atoms with van der Waals surface area (Å²) in [5, 5.41) is 0. The van der Waals surface area contributed by atoms with Gasteiger partial charge in [-0.25, -0.2) is 0 Å². The highest BCUT2D eigenvalue weighted by Crippen LogP contribution is 2.39. The Bertz CT molecular complexity index is 531. The van der Waals surface area contributed by atoms with Gasteiger partial charge in [0.2, 0.25) is 0 Å². The van der Waals surface area contributed by atoms with Crippen molar-refractivity contribution in [2.75, 3.05) is 6.61 Å². The van der Waals surface area contributed by atoms with Crippen LogP contribution in [-0.4, -0.2) is 18.4 Å². The first kappa shape index (κ1) is 15.5. The maximum absolute atomic E-state index is 12.1. The molecule has 0 aliphatic heterocycles. The SMILES string of the molecule is C=CC(COC(=O)C1CC(C)(C)CC1=O)c1ccccc1. The Morgan fingerprint density at radius 2 is 2.10 bits per heavy atom. The van der Waals surface area contributed by atoms with Gasteiger partial charge in [-0.05, 0) is 17.4 Å². The summed E-state index contributed by atoms with van der Waals surface area (Å²) in [4.78, 5) is 24.0. The highest BCUT2D eigenvalue weighted by Gasteiger charge is 2.42. The van der Waals surface area contributed by atoms with Crippen LogP contribution in [0.1, 0.15) is 38.2 Å². The van der Waals surface area contributed by atoms with Gasteiger partial charge >= 0.3 is 5.97 Å². The fourth-order valence-corrected chi connectivity index (χ4v) is 2.82. The summed E-state index contributed by atoms with van der Waals surface area (Å²) >= 11 is 0. The molecule has 2 unspecified atom stereocenters. The van der Waals surface area contributed by atoms with Crippen LogP contribution >= 0.6 is 0 Å². The van der Waals surface area contributed by atoms with Crippen LogP contribution in [0.15, 0.2) is 43.0 Å². The van der Waals surface area contributed by atoms with Crippen LogP contribution < -0.4 is 0 Å². The number of esters is 1. The summed E-state index contributed by atoms with van der Waals surface area (Å²) in [6, 6.07) is 9.77. The zero-order valence-corrected chi connectivity index (χ0v) is 12.7.